The van der Waals surface area contributed by atoms with E-state index in [4.69, 9.17) is 4.74 Å². The molecule has 1 fully saturated rings. The van der Waals surface area contributed by atoms with Crippen molar-refractivity contribution in [3.8, 4) is 0 Å². The van der Waals surface area contributed by atoms with Crippen molar-refractivity contribution in [2.75, 3.05) is 20.6 Å². The number of carbonyl (C=O) groups excluding carboxylic acids is 2. The highest BCUT2D eigenvalue weighted by atomic mass is 16.6. The van der Waals surface area contributed by atoms with E-state index in [-0.39, 0.29) is 5.78 Å². The zero-order chi connectivity index (χ0) is 9.14. The van der Waals surface area contributed by atoms with Gasteiger partial charge in [-0.15, -0.1) is 0 Å². The van der Waals surface area contributed by atoms with Gasteiger partial charge in [-0.25, -0.2) is 4.79 Å². The third kappa shape index (κ3) is 1.94. The lowest BCUT2D eigenvalue weighted by molar-refractivity contribution is -0.125. The van der Waals surface area contributed by atoms with Crippen LogP contribution in [-0.4, -0.2) is 43.6 Å². The van der Waals surface area contributed by atoms with Gasteiger partial charge in [-0.1, -0.05) is 0 Å². The topological polar surface area (TPSA) is 58.6 Å². The van der Waals surface area contributed by atoms with Gasteiger partial charge in [0.05, 0.1) is 0 Å². The summed E-state index contributed by atoms with van der Waals surface area (Å²) >= 11 is 0. The lowest BCUT2D eigenvalue weighted by Crippen LogP contribution is -2.36. The molecular weight excluding hydrogens is 160 g/mol. The second-order valence-corrected chi connectivity index (χ2v) is 2.83. The quantitative estimate of drug-likeness (QED) is 0.583. The molecule has 0 aliphatic carbocycles. The molecule has 0 radical (unpaired) electrons. The van der Waals surface area contributed by atoms with Crippen molar-refractivity contribution in [3.05, 3.63) is 0 Å². The molecule has 1 N–H and O–H groups in total. The molecule has 1 rings (SSSR count). The van der Waals surface area contributed by atoms with E-state index in [1.165, 1.54) is 4.90 Å². The summed E-state index contributed by atoms with van der Waals surface area (Å²) in [6.45, 7) is 0.588. The van der Waals surface area contributed by atoms with Crippen LogP contribution in [0.5, 0.6) is 0 Å². The first-order valence-corrected chi connectivity index (χ1v) is 3.75. The van der Waals surface area contributed by atoms with Crippen LogP contribution in [0.15, 0.2) is 0 Å². The van der Waals surface area contributed by atoms with Crippen molar-refractivity contribution in [1.82, 2.24) is 10.2 Å². The summed E-state index contributed by atoms with van der Waals surface area (Å²) in [5.74, 6) is -0.0646. The van der Waals surface area contributed by atoms with Gasteiger partial charge in [0.25, 0.3) is 0 Å². The Balaban J connectivity index is 2.40. The van der Waals surface area contributed by atoms with Crippen molar-refractivity contribution >= 4 is 11.9 Å². The normalized spacial score (nSPS) is 22.5. The Hall–Kier alpha value is -1.10. The summed E-state index contributed by atoms with van der Waals surface area (Å²) < 4.78 is 4.81. The van der Waals surface area contributed by atoms with Crippen LogP contribution in [0.3, 0.4) is 0 Å². The molecule has 5 nitrogen and oxygen atoms in total. The summed E-state index contributed by atoms with van der Waals surface area (Å²) in [5, 5.41) is 2.77. The summed E-state index contributed by atoms with van der Waals surface area (Å²) in [6.07, 6.45) is -0.798. The second kappa shape index (κ2) is 3.53. The third-order valence-corrected chi connectivity index (χ3v) is 1.58. The number of ketones is 1. The molecule has 0 spiro atoms. The highest BCUT2D eigenvalue weighted by Gasteiger charge is 2.27. The average molecular weight is 172 g/mol. The summed E-state index contributed by atoms with van der Waals surface area (Å²) in [6, 6.07) is 0. The van der Waals surface area contributed by atoms with E-state index in [9.17, 15) is 9.59 Å². The molecule has 0 aromatic rings. The first-order valence-electron chi connectivity index (χ1n) is 3.75. The van der Waals surface area contributed by atoms with E-state index in [2.05, 4.69) is 5.32 Å². The van der Waals surface area contributed by atoms with Crippen LogP contribution in [0.1, 0.15) is 6.42 Å². The number of nitrogens with one attached hydrogen (secondary N) is 1. The van der Waals surface area contributed by atoms with Crippen LogP contribution in [0.4, 0.5) is 4.79 Å². The molecule has 0 aromatic heterocycles. The summed E-state index contributed by atoms with van der Waals surface area (Å²) in [5.41, 5.74) is 0. The van der Waals surface area contributed by atoms with E-state index < -0.39 is 12.3 Å². The third-order valence-electron chi connectivity index (χ3n) is 1.58. The molecule has 1 aliphatic heterocycles. The predicted molar refractivity (Wildman–Crippen MR) is 41.6 cm³/mol. The molecule has 0 aromatic carbocycles. The molecular formula is C7H12N2O3. The number of hydrogen-bond donors (Lipinski definition) is 1. The molecule has 1 atom stereocenters. The van der Waals surface area contributed by atoms with Crippen molar-refractivity contribution in [2.45, 2.75) is 12.6 Å². The number of amides is 1. The van der Waals surface area contributed by atoms with Crippen LogP contribution in [0, 0.1) is 0 Å². The number of hydrogen-bond acceptors (Lipinski definition) is 4. The van der Waals surface area contributed by atoms with E-state index in [0.717, 1.165) is 0 Å². The van der Waals surface area contributed by atoms with Crippen LogP contribution >= 0.6 is 0 Å². The van der Waals surface area contributed by atoms with Crippen LogP contribution in [0.25, 0.3) is 0 Å². The van der Waals surface area contributed by atoms with Crippen LogP contribution in [0.2, 0.25) is 0 Å². The standard InChI is InChI=1S/C7H12N2O3/c1-9(2)7(11)12-6-5(10)3-4-8-6/h6,8H,3-4H2,1-2H3. The minimum Gasteiger partial charge on any atom is -0.423 e. The van der Waals surface area contributed by atoms with E-state index >= 15 is 0 Å². The minimum absolute atomic E-state index is 0.0646. The van der Waals surface area contributed by atoms with Gasteiger partial charge in [0.1, 0.15) is 0 Å². The molecule has 12 heavy (non-hydrogen) atoms. The van der Waals surface area contributed by atoms with Gasteiger partial charge in [0.2, 0.25) is 6.23 Å². The Bertz CT molecular complexity index is 203. The summed E-state index contributed by atoms with van der Waals surface area (Å²) in [7, 11) is 3.14. The molecule has 1 heterocycles. The van der Waals surface area contributed by atoms with Gasteiger partial charge in [-0.05, 0) is 0 Å². The lowest BCUT2D eigenvalue weighted by Gasteiger charge is -2.14. The van der Waals surface area contributed by atoms with Gasteiger partial charge in [-0.2, -0.15) is 0 Å². The monoisotopic (exact) mass is 172 g/mol. The van der Waals surface area contributed by atoms with Crippen molar-refractivity contribution in [3.63, 3.8) is 0 Å². The average Bonchev–Trinajstić information content (AvgIpc) is 2.36. The minimum atomic E-state index is -0.736. The molecule has 1 aliphatic rings. The van der Waals surface area contributed by atoms with Gasteiger partial charge >= 0.3 is 6.09 Å². The van der Waals surface area contributed by atoms with Gasteiger partial charge in [0.15, 0.2) is 5.78 Å². The van der Waals surface area contributed by atoms with E-state index in [0.29, 0.717) is 13.0 Å². The number of rotatable bonds is 1. The fourth-order valence-electron chi connectivity index (χ4n) is 0.885. The second-order valence-electron chi connectivity index (χ2n) is 2.83. The maximum absolute atomic E-state index is 11.0. The first-order chi connectivity index (χ1) is 5.61. The lowest BCUT2D eigenvalue weighted by atomic mass is 10.3. The number of ether oxygens (including phenoxy) is 1. The fourth-order valence-corrected chi connectivity index (χ4v) is 0.885. The Morgan fingerprint density at radius 2 is 2.33 bits per heavy atom. The molecule has 68 valence electrons. The van der Waals surface area contributed by atoms with Crippen LogP contribution in [-0.2, 0) is 9.53 Å². The maximum Gasteiger partial charge on any atom is 0.411 e. The number of nitrogens with zero attached hydrogens (tertiary/aromatic N) is 1. The fraction of sp³-hybridized carbons (Fsp3) is 0.714. The molecule has 1 unspecified atom stereocenters. The number of carbonyl (C=O) groups is 2. The maximum atomic E-state index is 11.0. The van der Waals surface area contributed by atoms with E-state index in [1.54, 1.807) is 14.1 Å². The molecule has 1 amide bonds. The van der Waals surface area contributed by atoms with Crippen LogP contribution < -0.4 is 5.32 Å². The Morgan fingerprint density at radius 3 is 2.75 bits per heavy atom. The first kappa shape index (κ1) is 8.99. The predicted octanol–water partition coefficient (Wildman–Crippen LogP) is -0.427. The van der Waals surface area contributed by atoms with Gasteiger partial charge in [0, 0.05) is 27.1 Å². The molecule has 5 heteroatoms. The largest absolute Gasteiger partial charge is 0.423 e. The highest BCUT2D eigenvalue weighted by Crippen LogP contribution is 2.03. The SMILES string of the molecule is CN(C)C(=O)OC1NCCC1=O. The zero-order valence-corrected chi connectivity index (χ0v) is 7.16. The Labute approximate surface area is 70.7 Å². The molecule has 0 bridgehead atoms. The molecule has 0 saturated carbocycles. The Morgan fingerprint density at radius 1 is 1.67 bits per heavy atom. The zero-order valence-electron chi connectivity index (χ0n) is 7.16. The van der Waals surface area contributed by atoms with Crippen molar-refractivity contribution < 1.29 is 14.3 Å². The van der Waals surface area contributed by atoms with Gasteiger partial charge in [-0.3, -0.25) is 10.1 Å². The Kier molecular flexibility index (Phi) is 2.65. The summed E-state index contributed by atoms with van der Waals surface area (Å²) in [4.78, 5) is 23.2. The highest BCUT2D eigenvalue weighted by molar-refractivity contribution is 5.86. The van der Waals surface area contributed by atoms with Gasteiger partial charge < -0.3 is 9.64 Å². The van der Waals surface area contributed by atoms with Crippen molar-refractivity contribution in [2.24, 2.45) is 0 Å². The molecule has 1 saturated heterocycles. The van der Waals surface area contributed by atoms with Crippen molar-refractivity contribution in [1.29, 1.82) is 0 Å². The smallest absolute Gasteiger partial charge is 0.411 e. The number of Topliss-reactive ketones (excluding diaryl/α,β-unsaturated/α-hetero) is 1. The van der Waals surface area contributed by atoms with E-state index in [1.807, 2.05) is 0 Å².